The van der Waals surface area contributed by atoms with Gasteiger partial charge < -0.3 is 19.6 Å². The minimum atomic E-state index is -0.253. The van der Waals surface area contributed by atoms with Crippen molar-refractivity contribution in [2.24, 2.45) is 0 Å². The second kappa shape index (κ2) is 8.47. The first kappa shape index (κ1) is 21.8. The lowest BCUT2D eigenvalue weighted by Crippen LogP contribution is -2.40. The number of hydrogen-bond acceptors (Lipinski definition) is 4. The first-order valence-electron chi connectivity index (χ1n) is 10.5. The van der Waals surface area contributed by atoms with Crippen LogP contribution in [-0.2, 0) is 4.74 Å². The number of nitrogens with zero attached hydrogens (tertiary/aromatic N) is 2. The maximum Gasteiger partial charge on any atom is 0.114 e. The molecule has 0 saturated heterocycles. The largest absolute Gasteiger partial charge is 0.617 e. The van der Waals surface area contributed by atoms with Crippen molar-refractivity contribution in [3.05, 3.63) is 81.6 Å². The molecular formula is C26H33N2O2-. The van der Waals surface area contributed by atoms with Gasteiger partial charge in [-0.2, -0.15) is 0 Å². The summed E-state index contributed by atoms with van der Waals surface area (Å²) in [6.07, 6.45) is 4.82. The normalized spacial score (nSPS) is 15.1. The number of methoxy groups -OCH3 is 1. The molecule has 4 nitrogen and oxygen atoms in total. The molecule has 0 spiro atoms. The predicted octanol–water partition coefficient (Wildman–Crippen LogP) is 5.29. The SMILES string of the molecule is CO/C([O-])=C(/C)CC1N(c2c(C)cc(C)cc2C)C=CN1c1c(C)cc(C)cc1C. The van der Waals surface area contributed by atoms with Crippen LogP contribution in [0.4, 0.5) is 11.4 Å². The van der Waals surface area contributed by atoms with E-state index in [9.17, 15) is 5.11 Å². The van der Waals surface area contributed by atoms with Crippen molar-refractivity contribution >= 4 is 11.4 Å². The lowest BCUT2D eigenvalue weighted by Gasteiger charge is -2.36. The third-order valence-corrected chi connectivity index (χ3v) is 5.84. The molecule has 0 bridgehead atoms. The molecule has 160 valence electrons. The second-order valence-electron chi connectivity index (χ2n) is 8.56. The second-order valence-corrected chi connectivity index (χ2v) is 8.56. The topological polar surface area (TPSA) is 38.8 Å². The van der Waals surface area contributed by atoms with E-state index in [4.69, 9.17) is 4.74 Å². The van der Waals surface area contributed by atoms with E-state index in [-0.39, 0.29) is 12.1 Å². The first-order chi connectivity index (χ1) is 14.1. The van der Waals surface area contributed by atoms with Crippen LogP contribution in [0.25, 0.3) is 0 Å². The van der Waals surface area contributed by atoms with Crippen LogP contribution in [0.2, 0.25) is 0 Å². The lowest BCUT2D eigenvalue weighted by molar-refractivity contribution is -0.355. The van der Waals surface area contributed by atoms with E-state index < -0.39 is 0 Å². The molecule has 0 saturated carbocycles. The van der Waals surface area contributed by atoms with Crippen LogP contribution in [0.15, 0.2) is 48.2 Å². The van der Waals surface area contributed by atoms with E-state index in [1.807, 2.05) is 6.92 Å². The monoisotopic (exact) mass is 405 g/mol. The van der Waals surface area contributed by atoms with Crippen LogP contribution in [-0.4, -0.2) is 13.3 Å². The molecule has 0 N–H and O–H groups in total. The Labute approximate surface area is 181 Å². The van der Waals surface area contributed by atoms with Gasteiger partial charge in [0.1, 0.15) is 6.17 Å². The Bertz CT molecular complexity index is 906. The molecule has 0 radical (unpaired) electrons. The highest BCUT2D eigenvalue weighted by Crippen LogP contribution is 2.38. The summed E-state index contributed by atoms with van der Waals surface area (Å²) in [6.45, 7) is 14.7. The summed E-state index contributed by atoms with van der Waals surface area (Å²) < 4.78 is 5.00. The molecule has 1 aliphatic rings. The molecule has 0 unspecified atom stereocenters. The van der Waals surface area contributed by atoms with E-state index >= 15 is 0 Å². The molecule has 0 atom stereocenters. The number of ether oxygens (including phenoxy) is 1. The van der Waals surface area contributed by atoms with E-state index in [0.29, 0.717) is 12.0 Å². The highest BCUT2D eigenvalue weighted by atomic mass is 16.6. The lowest BCUT2D eigenvalue weighted by atomic mass is 10.0. The van der Waals surface area contributed by atoms with E-state index in [2.05, 4.69) is 88.0 Å². The minimum absolute atomic E-state index is 0.0377. The Hall–Kier alpha value is -2.88. The van der Waals surface area contributed by atoms with Crippen LogP contribution in [0.1, 0.15) is 46.7 Å². The zero-order valence-electron chi connectivity index (χ0n) is 19.5. The molecule has 30 heavy (non-hydrogen) atoms. The molecule has 0 aromatic heterocycles. The van der Waals surface area contributed by atoms with Gasteiger partial charge in [0.25, 0.3) is 0 Å². The van der Waals surface area contributed by atoms with E-state index in [1.54, 1.807) is 0 Å². The number of aryl methyl sites for hydroxylation is 6. The van der Waals surface area contributed by atoms with Crippen LogP contribution >= 0.6 is 0 Å². The van der Waals surface area contributed by atoms with Crippen molar-refractivity contribution in [2.75, 3.05) is 16.9 Å². The smallest absolute Gasteiger partial charge is 0.114 e. The summed E-state index contributed by atoms with van der Waals surface area (Å²) in [5, 5.41) is 12.2. The zero-order chi connectivity index (χ0) is 22.2. The number of rotatable bonds is 5. The molecule has 0 amide bonds. The molecule has 1 heterocycles. The summed E-state index contributed by atoms with van der Waals surface area (Å²) in [5.41, 5.74) is 10.6. The Morgan fingerprint density at radius 2 is 1.17 bits per heavy atom. The molecule has 1 aliphatic heterocycles. The molecule has 0 aliphatic carbocycles. The highest BCUT2D eigenvalue weighted by Gasteiger charge is 2.32. The van der Waals surface area contributed by atoms with Crippen molar-refractivity contribution < 1.29 is 9.84 Å². The average molecular weight is 406 g/mol. The maximum atomic E-state index is 12.2. The third kappa shape index (κ3) is 4.04. The van der Waals surface area contributed by atoms with Crippen molar-refractivity contribution in [3.63, 3.8) is 0 Å². The third-order valence-electron chi connectivity index (χ3n) is 5.84. The van der Waals surface area contributed by atoms with Gasteiger partial charge >= 0.3 is 0 Å². The molecule has 2 aromatic carbocycles. The zero-order valence-corrected chi connectivity index (χ0v) is 19.5. The van der Waals surface area contributed by atoms with Gasteiger partial charge in [-0.1, -0.05) is 35.4 Å². The van der Waals surface area contributed by atoms with Gasteiger partial charge in [-0.3, -0.25) is 0 Å². The van der Waals surface area contributed by atoms with Crippen molar-refractivity contribution in [1.82, 2.24) is 0 Å². The molecule has 2 aromatic rings. The Kier molecular flexibility index (Phi) is 6.16. The number of anilines is 2. The standard InChI is InChI=1S/C26H34N2O2/c1-16-11-18(3)24(19(4)12-16)27-9-10-28(23(27)15-22(7)26(29)30-8)25-20(5)13-17(2)14-21(25)6/h9-14,23,29H,15H2,1-8H3/p-1/b26-22-. The van der Waals surface area contributed by atoms with Crippen molar-refractivity contribution in [2.45, 2.75) is 61.1 Å². The van der Waals surface area contributed by atoms with Crippen LogP contribution in [0.3, 0.4) is 0 Å². The summed E-state index contributed by atoms with van der Waals surface area (Å²) in [4.78, 5) is 4.60. The van der Waals surface area contributed by atoms with Gasteiger partial charge in [-0.15, -0.1) is 0 Å². The summed E-state index contributed by atoms with van der Waals surface area (Å²) in [6, 6.07) is 8.87. The van der Waals surface area contributed by atoms with Crippen molar-refractivity contribution in [3.8, 4) is 0 Å². The molecular weight excluding hydrogens is 372 g/mol. The fourth-order valence-electron chi connectivity index (χ4n) is 4.81. The van der Waals surface area contributed by atoms with Crippen LogP contribution < -0.4 is 14.9 Å². The number of benzene rings is 2. The summed E-state index contributed by atoms with van der Waals surface area (Å²) >= 11 is 0. The molecule has 3 rings (SSSR count). The van der Waals surface area contributed by atoms with E-state index in [1.165, 1.54) is 51.9 Å². The van der Waals surface area contributed by atoms with Gasteiger partial charge in [0.2, 0.25) is 0 Å². The first-order valence-corrected chi connectivity index (χ1v) is 10.5. The molecule has 4 heteroatoms. The fraction of sp³-hybridized carbons (Fsp3) is 0.385. The Morgan fingerprint density at radius 3 is 1.50 bits per heavy atom. The van der Waals surface area contributed by atoms with Crippen LogP contribution in [0, 0.1) is 41.5 Å². The minimum Gasteiger partial charge on any atom is -0.617 e. The van der Waals surface area contributed by atoms with Gasteiger partial charge in [0.05, 0.1) is 0 Å². The summed E-state index contributed by atoms with van der Waals surface area (Å²) in [7, 11) is 1.44. The Morgan fingerprint density at radius 1 is 0.800 bits per heavy atom. The fourth-order valence-corrected chi connectivity index (χ4v) is 4.81. The number of hydrogen-bond donors (Lipinski definition) is 0. The maximum absolute atomic E-state index is 12.2. The van der Waals surface area contributed by atoms with Crippen molar-refractivity contribution in [1.29, 1.82) is 0 Å². The van der Waals surface area contributed by atoms with Gasteiger partial charge in [0.15, 0.2) is 0 Å². The highest BCUT2D eigenvalue weighted by molar-refractivity contribution is 5.70. The summed E-state index contributed by atoms with van der Waals surface area (Å²) in [5.74, 6) is -0.253. The Balaban J connectivity index is 2.13. The molecule has 0 fully saturated rings. The predicted molar refractivity (Wildman–Crippen MR) is 124 cm³/mol. The van der Waals surface area contributed by atoms with E-state index in [0.717, 1.165) is 0 Å². The van der Waals surface area contributed by atoms with Gasteiger partial charge in [-0.25, -0.2) is 0 Å². The van der Waals surface area contributed by atoms with Gasteiger partial charge in [0, 0.05) is 36.1 Å². The quantitative estimate of drug-likeness (QED) is 0.634. The van der Waals surface area contributed by atoms with Crippen LogP contribution in [0.5, 0.6) is 0 Å². The van der Waals surface area contributed by atoms with Gasteiger partial charge in [-0.05, 0) is 83.4 Å². The average Bonchev–Trinajstić information content (AvgIpc) is 3.02.